The molecular weight excluding hydrogens is 372 g/mol. The lowest BCUT2D eigenvalue weighted by Gasteiger charge is -2.23. The van der Waals surface area contributed by atoms with E-state index in [4.69, 9.17) is 4.74 Å². The maximum absolute atomic E-state index is 12.4. The first-order chi connectivity index (χ1) is 12.9. The summed E-state index contributed by atoms with van der Waals surface area (Å²) in [6.45, 7) is 1.71. The SMILES string of the molecule is CC1Oc2ccc(S(=O)(=O)NCCNC(=O)c3cccnc3)cc2NC1=O. The Morgan fingerprint density at radius 3 is 2.85 bits per heavy atom. The largest absolute Gasteiger partial charge is 0.479 e. The Hall–Kier alpha value is -2.98. The molecule has 0 aliphatic carbocycles. The van der Waals surface area contributed by atoms with E-state index in [1.54, 1.807) is 25.3 Å². The highest BCUT2D eigenvalue weighted by atomic mass is 32.2. The number of ether oxygens (including phenoxy) is 1. The van der Waals surface area contributed by atoms with E-state index in [0.717, 1.165) is 0 Å². The van der Waals surface area contributed by atoms with Gasteiger partial charge in [-0.15, -0.1) is 0 Å². The number of nitrogens with zero attached hydrogens (tertiary/aromatic N) is 1. The van der Waals surface area contributed by atoms with Gasteiger partial charge in [0.15, 0.2) is 6.10 Å². The molecule has 1 atom stereocenters. The van der Waals surface area contributed by atoms with E-state index in [9.17, 15) is 18.0 Å². The zero-order valence-corrected chi connectivity index (χ0v) is 15.2. The lowest BCUT2D eigenvalue weighted by atomic mass is 10.2. The summed E-state index contributed by atoms with van der Waals surface area (Å²) in [6.07, 6.45) is 2.34. The lowest BCUT2D eigenvalue weighted by Crippen LogP contribution is -2.35. The van der Waals surface area contributed by atoms with Crippen LogP contribution in [0.15, 0.2) is 47.6 Å². The van der Waals surface area contributed by atoms with Gasteiger partial charge < -0.3 is 15.4 Å². The third-order valence-electron chi connectivity index (χ3n) is 3.82. The minimum Gasteiger partial charge on any atom is -0.479 e. The van der Waals surface area contributed by atoms with Gasteiger partial charge >= 0.3 is 0 Å². The summed E-state index contributed by atoms with van der Waals surface area (Å²) in [5.74, 6) is -0.280. The minimum absolute atomic E-state index is 0.00527. The van der Waals surface area contributed by atoms with Crippen molar-refractivity contribution in [1.82, 2.24) is 15.0 Å². The van der Waals surface area contributed by atoms with Gasteiger partial charge in [-0.05, 0) is 37.3 Å². The van der Waals surface area contributed by atoms with Crippen LogP contribution in [-0.2, 0) is 14.8 Å². The van der Waals surface area contributed by atoms with Gasteiger partial charge in [0.1, 0.15) is 5.75 Å². The van der Waals surface area contributed by atoms with Gasteiger partial charge in [-0.3, -0.25) is 14.6 Å². The van der Waals surface area contributed by atoms with Crippen LogP contribution >= 0.6 is 0 Å². The quantitative estimate of drug-likeness (QED) is 0.617. The van der Waals surface area contributed by atoms with Crippen LogP contribution in [0.5, 0.6) is 5.75 Å². The van der Waals surface area contributed by atoms with E-state index < -0.39 is 16.1 Å². The molecule has 1 aromatic heterocycles. The number of hydrogen-bond donors (Lipinski definition) is 3. The van der Waals surface area contributed by atoms with Crippen LogP contribution in [0.4, 0.5) is 5.69 Å². The molecule has 10 heteroatoms. The molecule has 1 aliphatic heterocycles. The second-order valence-electron chi connectivity index (χ2n) is 5.80. The van der Waals surface area contributed by atoms with Crippen LogP contribution in [-0.4, -0.2) is 44.4 Å². The summed E-state index contributed by atoms with van der Waals surface area (Å²) in [7, 11) is -3.81. The molecule has 0 saturated carbocycles. The molecule has 1 unspecified atom stereocenters. The average molecular weight is 390 g/mol. The molecule has 3 N–H and O–H groups in total. The Bertz CT molecular complexity index is 963. The number of anilines is 1. The van der Waals surface area contributed by atoms with Crippen LogP contribution in [0, 0.1) is 0 Å². The number of fused-ring (bicyclic) bond motifs is 1. The fourth-order valence-corrected chi connectivity index (χ4v) is 3.46. The highest BCUT2D eigenvalue weighted by molar-refractivity contribution is 7.89. The molecule has 2 aromatic rings. The second-order valence-corrected chi connectivity index (χ2v) is 7.57. The highest BCUT2D eigenvalue weighted by Gasteiger charge is 2.25. The van der Waals surface area contributed by atoms with Crippen molar-refractivity contribution in [2.24, 2.45) is 0 Å². The van der Waals surface area contributed by atoms with Gasteiger partial charge in [-0.25, -0.2) is 13.1 Å². The number of nitrogens with one attached hydrogen (secondary N) is 3. The van der Waals surface area contributed by atoms with Gasteiger partial charge in [-0.1, -0.05) is 0 Å². The molecule has 0 bridgehead atoms. The molecule has 3 rings (SSSR count). The first-order valence-corrected chi connectivity index (χ1v) is 9.64. The molecular formula is C17H18N4O5S. The van der Waals surface area contributed by atoms with Crippen molar-refractivity contribution in [3.8, 4) is 5.75 Å². The van der Waals surface area contributed by atoms with Gasteiger partial charge in [0.05, 0.1) is 16.1 Å². The van der Waals surface area contributed by atoms with Gasteiger partial charge in [-0.2, -0.15) is 0 Å². The smallest absolute Gasteiger partial charge is 0.265 e. The van der Waals surface area contributed by atoms with Crippen LogP contribution in [0.2, 0.25) is 0 Å². The Balaban J connectivity index is 1.58. The number of carbonyl (C=O) groups is 2. The van der Waals surface area contributed by atoms with Crippen LogP contribution in [0.1, 0.15) is 17.3 Å². The van der Waals surface area contributed by atoms with Gasteiger partial charge in [0, 0.05) is 25.5 Å². The maximum Gasteiger partial charge on any atom is 0.265 e. The third kappa shape index (κ3) is 4.41. The molecule has 142 valence electrons. The molecule has 0 radical (unpaired) electrons. The molecule has 0 spiro atoms. The molecule has 2 heterocycles. The van der Waals surface area contributed by atoms with Crippen molar-refractivity contribution >= 4 is 27.5 Å². The van der Waals surface area contributed by atoms with Crippen molar-refractivity contribution in [2.75, 3.05) is 18.4 Å². The first kappa shape index (κ1) is 18.8. The Labute approximate surface area is 156 Å². The number of amides is 2. The number of rotatable bonds is 6. The Morgan fingerprint density at radius 2 is 2.11 bits per heavy atom. The number of carbonyl (C=O) groups excluding carboxylic acids is 2. The molecule has 0 saturated heterocycles. The molecule has 1 aromatic carbocycles. The maximum atomic E-state index is 12.4. The van der Waals surface area contributed by atoms with E-state index in [-0.39, 0.29) is 29.8 Å². The normalized spacial score (nSPS) is 16.0. The zero-order valence-electron chi connectivity index (χ0n) is 14.4. The molecule has 9 nitrogen and oxygen atoms in total. The topological polar surface area (TPSA) is 126 Å². The van der Waals surface area contributed by atoms with Crippen LogP contribution in [0.25, 0.3) is 0 Å². The van der Waals surface area contributed by atoms with Crippen LogP contribution in [0.3, 0.4) is 0 Å². The summed E-state index contributed by atoms with van der Waals surface area (Å²) in [5.41, 5.74) is 0.686. The van der Waals surface area contributed by atoms with E-state index in [1.807, 2.05) is 0 Å². The van der Waals surface area contributed by atoms with E-state index in [2.05, 4.69) is 20.3 Å². The predicted molar refractivity (Wildman–Crippen MR) is 96.9 cm³/mol. The predicted octanol–water partition coefficient (Wildman–Crippen LogP) is 0.509. The summed E-state index contributed by atoms with van der Waals surface area (Å²) in [6, 6.07) is 7.45. The molecule has 27 heavy (non-hydrogen) atoms. The summed E-state index contributed by atoms with van der Waals surface area (Å²) in [5, 5.41) is 5.20. The molecule has 2 amide bonds. The van der Waals surface area contributed by atoms with Crippen molar-refractivity contribution in [1.29, 1.82) is 0 Å². The zero-order chi connectivity index (χ0) is 19.4. The molecule has 1 aliphatic rings. The molecule has 0 fully saturated rings. The van der Waals surface area contributed by atoms with Crippen molar-refractivity contribution in [2.45, 2.75) is 17.9 Å². The fourth-order valence-electron chi connectivity index (χ4n) is 2.40. The van der Waals surface area contributed by atoms with E-state index in [0.29, 0.717) is 17.0 Å². The van der Waals surface area contributed by atoms with Crippen LogP contribution < -0.4 is 20.1 Å². The number of sulfonamides is 1. The van der Waals surface area contributed by atoms with Crippen molar-refractivity contribution in [3.63, 3.8) is 0 Å². The lowest BCUT2D eigenvalue weighted by molar-refractivity contribution is -0.122. The summed E-state index contributed by atoms with van der Waals surface area (Å²) in [4.78, 5) is 27.4. The third-order valence-corrected chi connectivity index (χ3v) is 5.28. The number of aromatic nitrogens is 1. The number of hydrogen-bond acceptors (Lipinski definition) is 6. The minimum atomic E-state index is -3.81. The Morgan fingerprint density at radius 1 is 1.30 bits per heavy atom. The monoisotopic (exact) mass is 390 g/mol. The van der Waals surface area contributed by atoms with Gasteiger partial charge in [0.2, 0.25) is 10.0 Å². The second kappa shape index (κ2) is 7.72. The summed E-state index contributed by atoms with van der Waals surface area (Å²) >= 11 is 0. The Kier molecular flexibility index (Phi) is 5.38. The van der Waals surface area contributed by atoms with Crippen molar-refractivity contribution < 1.29 is 22.7 Å². The van der Waals surface area contributed by atoms with Gasteiger partial charge in [0.25, 0.3) is 11.8 Å². The van der Waals surface area contributed by atoms with E-state index >= 15 is 0 Å². The summed E-state index contributed by atoms with van der Waals surface area (Å²) < 4.78 is 32.6. The highest BCUT2D eigenvalue weighted by Crippen LogP contribution is 2.31. The fraction of sp³-hybridized carbons (Fsp3) is 0.235. The average Bonchev–Trinajstić information content (AvgIpc) is 2.66. The standard InChI is InChI=1S/C17H18N4O5S/c1-11-16(22)21-14-9-13(4-5-15(14)26-11)27(24,25)20-8-7-19-17(23)12-3-2-6-18-10-12/h2-6,9-11,20H,7-8H2,1H3,(H,19,23)(H,21,22). The van der Waals surface area contributed by atoms with E-state index in [1.165, 1.54) is 24.4 Å². The number of pyridine rings is 1. The first-order valence-electron chi connectivity index (χ1n) is 8.16. The van der Waals surface area contributed by atoms with Crippen molar-refractivity contribution in [3.05, 3.63) is 48.3 Å². The number of benzene rings is 1.